The number of carbonyl (C=O) groups is 1. The number of benzene rings is 1. The summed E-state index contributed by atoms with van der Waals surface area (Å²) in [6.07, 6.45) is 0.370. The second-order valence-corrected chi connectivity index (χ2v) is 4.47. The third kappa shape index (κ3) is 3.71. The third-order valence-corrected chi connectivity index (χ3v) is 2.39. The molecular formula is C12H16FNO3. The van der Waals surface area contributed by atoms with Crippen molar-refractivity contribution in [2.45, 2.75) is 25.8 Å². The average Bonchev–Trinajstić information content (AvgIpc) is 2.20. The Kier molecular flexibility index (Phi) is 4.07. The summed E-state index contributed by atoms with van der Waals surface area (Å²) < 4.78 is 13.0. The van der Waals surface area contributed by atoms with Crippen LogP contribution >= 0.6 is 0 Å². The van der Waals surface area contributed by atoms with E-state index in [2.05, 4.69) is 5.32 Å². The van der Waals surface area contributed by atoms with E-state index in [1.54, 1.807) is 13.8 Å². The first-order chi connectivity index (χ1) is 7.85. The summed E-state index contributed by atoms with van der Waals surface area (Å²) in [6, 6.07) is 3.17. The topological polar surface area (TPSA) is 69.6 Å². The minimum absolute atomic E-state index is 0.0671. The molecule has 5 heteroatoms. The molecule has 17 heavy (non-hydrogen) atoms. The molecular weight excluding hydrogens is 225 g/mol. The zero-order valence-corrected chi connectivity index (χ0v) is 9.83. The van der Waals surface area contributed by atoms with E-state index in [1.165, 1.54) is 0 Å². The molecule has 0 aliphatic carbocycles. The van der Waals surface area contributed by atoms with Gasteiger partial charge in [0.1, 0.15) is 11.6 Å². The monoisotopic (exact) mass is 241 g/mol. The van der Waals surface area contributed by atoms with Crippen LogP contribution in [0.2, 0.25) is 0 Å². The molecule has 1 amide bonds. The Labute approximate surface area is 99.1 Å². The van der Waals surface area contributed by atoms with Gasteiger partial charge in [-0.3, -0.25) is 4.79 Å². The number of amides is 1. The van der Waals surface area contributed by atoms with Crippen molar-refractivity contribution >= 4 is 5.91 Å². The van der Waals surface area contributed by atoms with Crippen LogP contribution in [0.15, 0.2) is 18.2 Å². The Balaban J connectivity index is 2.86. The normalized spacial score (nSPS) is 11.3. The minimum atomic E-state index is -0.620. The zero-order valence-electron chi connectivity index (χ0n) is 9.83. The van der Waals surface area contributed by atoms with E-state index in [9.17, 15) is 14.3 Å². The van der Waals surface area contributed by atoms with Crippen LogP contribution in [0, 0.1) is 5.82 Å². The SMILES string of the molecule is CC(C)(CCO)NC(=O)c1cc(F)ccc1O. The summed E-state index contributed by atoms with van der Waals surface area (Å²) in [4.78, 5) is 11.8. The van der Waals surface area contributed by atoms with Crippen molar-refractivity contribution < 1.29 is 19.4 Å². The molecule has 0 saturated carbocycles. The van der Waals surface area contributed by atoms with E-state index in [0.717, 1.165) is 18.2 Å². The van der Waals surface area contributed by atoms with Crippen LogP contribution in [0.25, 0.3) is 0 Å². The van der Waals surface area contributed by atoms with E-state index in [-0.39, 0.29) is 17.9 Å². The maximum absolute atomic E-state index is 13.0. The van der Waals surface area contributed by atoms with Crippen molar-refractivity contribution in [3.05, 3.63) is 29.6 Å². The third-order valence-electron chi connectivity index (χ3n) is 2.39. The molecule has 0 aliphatic rings. The molecule has 0 unspecified atom stereocenters. The summed E-state index contributed by atoms with van der Waals surface area (Å²) >= 11 is 0. The number of phenols is 1. The number of aromatic hydroxyl groups is 1. The molecule has 1 aromatic carbocycles. The van der Waals surface area contributed by atoms with E-state index < -0.39 is 17.3 Å². The Morgan fingerprint density at radius 1 is 1.47 bits per heavy atom. The lowest BCUT2D eigenvalue weighted by Gasteiger charge is -2.25. The lowest BCUT2D eigenvalue weighted by molar-refractivity contribution is 0.0896. The summed E-state index contributed by atoms with van der Waals surface area (Å²) in [6.45, 7) is 3.40. The Morgan fingerprint density at radius 3 is 2.71 bits per heavy atom. The number of carbonyl (C=O) groups excluding carboxylic acids is 1. The molecule has 1 rings (SSSR count). The predicted octanol–water partition coefficient (Wildman–Crippen LogP) is 1.42. The fourth-order valence-electron chi connectivity index (χ4n) is 1.41. The van der Waals surface area contributed by atoms with Gasteiger partial charge < -0.3 is 15.5 Å². The average molecular weight is 241 g/mol. The van der Waals surface area contributed by atoms with Gasteiger partial charge in [0.15, 0.2) is 0 Å². The minimum Gasteiger partial charge on any atom is -0.507 e. The highest BCUT2D eigenvalue weighted by molar-refractivity contribution is 5.97. The number of hydrogen-bond acceptors (Lipinski definition) is 3. The van der Waals surface area contributed by atoms with Crippen LogP contribution in [-0.2, 0) is 0 Å². The first kappa shape index (κ1) is 13.4. The molecule has 0 fully saturated rings. The quantitative estimate of drug-likeness (QED) is 0.746. The number of aliphatic hydroxyl groups is 1. The zero-order chi connectivity index (χ0) is 13.1. The Bertz CT molecular complexity index is 418. The second-order valence-electron chi connectivity index (χ2n) is 4.47. The number of aliphatic hydroxyl groups excluding tert-OH is 1. The predicted molar refractivity (Wildman–Crippen MR) is 61.3 cm³/mol. The summed E-state index contributed by atoms with van der Waals surface area (Å²) in [5.41, 5.74) is -0.735. The van der Waals surface area contributed by atoms with E-state index >= 15 is 0 Å². The molecule has 94 valence electrons. The van der Waals surface area contributed by atoms with Crippen molar-refractivity contribution in [1.82, 2.24) is 5.32 Å². The smallest absolute Gasteiger partial charge is 0.255 e. The maximum atomic E-state index is 13.0. The largest absolute Gasteiger partial charge is 0.507 e. The van der Waals surface area contributed by atoms with Crippen molar-refractivity contribution in [3.63, 3.8) is 0 Å². The Hall–Kier alpha value is -1.62. The fourth-order valence-corrected chi connectivity index (χ4v) is 1.41. The molecule has 0 radical (unpaired) electrons. The summed E-state index contributed by atoms with van der Waals surface area (Å²) in [7, 11) is 0. The van der Waals surface area contributed by atoms with Gasteiger partial charge >= 0.3 is 0 Å². The van der Waals surface area contributed by atoms with Crippen LogP contribution in [0.1, 0.15) is 30.6 Å². The van der Waals surface area contributed by atoms with Crippen molar-refractivity contribution in [3.8, 4) is 5.75 Å². The standard InChI is InChI=1S/C12H16FNO3/c1-12(2,5-6-15)14-11(17)9-7-8(13)3-4-10(9)16/h3-4,7,15-16H,5-6H2,1-2H3,(H,14,17). The van der Waals surface area contributed by atoms with Gasteiger partial charge in [0, 0.05) is 12.1 Å². The molecule has 0 atom stereocenters. The first-order valence-corrected chi connectivity index (χ1v) is 5.27. The molecule has 0 heterocycles. The highest BCUT2D eigenvalue weighted by Crippen LogP contribution is 2.19. The maximum Gasteiger partial charge on any atom is 0.255 e. The van der Waals surface area contributed by atoms with Gasteiger partial charge in [-0.05, 0) is 38.5 Å². The molecule has 3 N–H and O–H groups in total. The molecule has 4 nitrogen and oxygen atoms in total. The fraction of sp³-hybridized carbons (Fsp3) is 0.417. The van der Waals surface area contributed by atoms with Gasteiger partial charge in [0.05, 0.1) is 5.56 Å². The van der Waals surface area contributed by atoms with Gasteiger partial charge in [0.2, 0.25) is 0 Å². The van der Waals surface area contributed by atoms with Crippen molar-refractivity contribution in [2.24, 2.45) is 0 Å². The number of halogens is 1. The number of hydrogen-bond donors (Lipinski definition) is 3. The van der Waals surface area contributed by atoms with Gasteiger partial charge in [0.25, 0.3) is 5.91 Å². The highest BCUT2D eigenvalue weighted by atomic mass is 19.1. The Morgan fingerprint density at radius 2 is 2.12 bits per heavy atom. The molecule has 0 aromatic heterocycles. The van der Waals surface area contributed by atoms with Crippen molar-refractivity contribution in [2.75, 3.05) is 6.61 Å². The molecule has 0 spiro atoms. The molecule has 0 saturated heterocycles. The van der Waals surface area contributed by atoms with Gasteiger partial charge in [-0.25, -0.2) is 4.39 Å². The van der Waals surface area contributed by atoms with Gasteiger partial charge in [-0.15, -0.1) is 0 Å². The van der Waals surface area contributed by atoms with Crippen LogP contribution in [-0.4, -0.2) is 28.3 Å². The first-order valence-electron chi connectivity index (χ1n) is 5.27. The summed E-state index contributed by atoms with van der Waals surface area (Å²) in [5.74, 6) is -1.43. The van der Waals surface area contributed by atoms with Crippen LogP contribution < -0.4 is 5.32 Å². The van der Waals surface area contributed by atoms with Crippen LogP contribution in [0.4, 0.5) is 4.39 Å². The van der Waals surface area contributed by atoms with Crippen LogP contribution in [0.3, 0.4) is 0 Å². The molecule has 1 aromatic rings. The van der Waals surface area contributed by atoms with Crippen molar-refractivity contribution in [1.29, 1.82) is 0 Å². The second kappa shape index (κ2) is 5.14. The van der Waals surface area contributed by atoms with Gasteiger partial charge in [-0.2, -0.15) is 0 Å². The highest BCUT2D eigenvalue weighted by Gasteiger charge is 2.22. The van der Waals surface area contributed by atoms with E-state index in [1.807, 2.05) is 0 Å². The molecule has 0 aliphatic heterocycles. The number of phenolic OH excluding ortho intramolecular Hbond substituents is 1. The number of rotatable bonds is 4. The van der Waals surface area contributed by atoms with Gasteiger partial charge in [-0.1, -0.05) is 0 Å². The lowest BCUT2D eigenvalue weighted by Crippen LogP contribution is -2.44. The molecule has 0 bridgehead atoms. The lowest BCUT2D eigenvalue weighted by atomic mass is 10.0. The van der Waals surface area contributed by atoms with Crippen LogP contribution in [0.5, 0.6) is 5.75 Å². The van der Waals surface area contributed by atoms with E-state index in [0.29, 0.717) is 6.42 Å². The van der Waals surface area contributed by atoms with E-state index in [4.69, 9.17) is 5.11 Å². The number of nitrogens with one attached hydrogen (secondary N) is 1. The summed E-state index contributed by atoms with van der Waals surface area (Å²) in [5, 5.41) is 20.9.